The van der Waals surface area contributed by atoms with E-state index in [0.29, 0.717) is 13.0 Å². The van der Waals surface area contributed by atoms with Gasteiger partial charge in [0.05, 0.1) is 12.1 Å². The van der Waals surface area contributed by atoms with Gasteiger partial charge in [0.2, 0.25) is 0 Å². The third-order valence-electron chi connectivity index (χ3n) is 3.16. The van der Waals surface area contributed by atoms with Crippen molar-refractivity contribution in [2.24, 2.45) is 0 Å². The molecular weight excluding hydrogens is 224 g/mol. The van der Waals surface area contributed by atoms with E-state index in [1.165, 1.54) is 10.9 Å². The van der Waals surface area contributed by atoms with Gasteiger partial charge in [0.1, 0.15) is 11.3 Å². The number of fused-ring (bicyclic) bond motifs is 1. The third-order valence-corrected chi connectivity index (χ3v) is 3.16. The van der Waals surface area contributed by atoms with Gasteiger partial charge < -0.3 is 9.73 Å². The number of nitrogens with zero attached hydrogens (tertiary/aromatic N) is 1. The number of aryl methyl sites for hydroxylation is 1. The highest BCUT2D eigenvalue weighted by Gasteiger charge is 2.17. The van der Waals surface area contributed by atoms with Crippen LogP contribution in [0, 0.1) is 11.3 Å². The molecule has 0 saturated carbocycles. The molecule has 2 aromatic rings. The monoisotopic (exact) mass is 242 g/mol. The third kappa shape index (κ3) is 2.39. The number of hydrogen-bond donors (Lipinski definition) is 1. The van der Waals surface area contributed by atoms with Gasteiger partial charge in [0.25, 0.3) is 0 Å². The molecule has 0 spiro atoms. The molecule has 18 heavy (non-hydrogen) atoms. The van der Waals surface area contributed by atoms with Crippen LogP contribution in [0.1, 0.15) is 37.6 Å². The molecule has 3 nitrogen and oxygen atoms in total. The summed E-state index contributed by atoms with van der Waals surface area (Å²) in [4.78, 5) is 0. The Morgan fingerprint density at radius 3 is 2.89 bits per heavy atom. The molecule has 2 rings (SSSR count). The van der Waals surface area contributed by atoms with E-state index in [0.717, 1.165) is 17.8 Å². The molecule has 1 N–H and O–H groups in total. The summed E-state index contributed by atoms with van der Waals surface area (Å²) < 4.78 is 5.94. The van der Waals surface area contributed by atoms with E-state index < -0.39 is 0 Å². The Bertz CT molecular complexity index is 565. The molecule has 0 bridgehead atoms. The van der Waals surface area contributed by atoms with E-state index in [2.05, 4.69) is 31.3 Å². The predicted molar refractivity (Wildman–Crippen MR) is 72.2 cm³/mol. The van der Waals surface area contributed by atoms with E-state index in [4.69, 9.17) is 9.68 Å². The maximum absolute atomic E-state index is 8.55. The Morgan fingerprint density at radius 1 is 1.39 bits per heavy atom. The van der Waals surface area contributed by atoms with Gasteiger partial charge in [-0.2, -0.15) is 5.26 Å². The first-order valence-corrected chi connectivity index (χ1v) is 6.38. The predicted octanol–water partition coefficient (Wildman–Crippen LogP) is 3.56. The van der Waals surface area contributed by atoms with Crippen molar-refractivity contribution in [3.8, 4) is 6.07 Å². The van der Waals surface area contributed by atoms with Gasteiger partial charge >= 0.3 is 0 Å². The minimum absolute atomic E-state index is 0.140. The van der Waals surface area contributed by atoms with Crippen molar-refractivity contribution < 1.29 is 4.42 Å². The highest BCUT2D eigenvalue weighted by atomic mass is 16.3. The van der Waals surface area contributed by atoms with Crippen LogP contribution in [0.25, 0.3) is 11.0 Å². The lowest BCUT2D eigenvalue weighted by Crippen LogP contribution is -2.19. The number of furan rings is 1. The fourth-order valence-corrected chi connectivity index (χ4v) is 2.27. The first-order valence-electron chi connectivity index (χ1n) is 6.38. The van der Waals surface area contributed by atoms with E-state index in [-0.39, 0.29) is 6.04 Å². The van der Waals surface area contributed by atoms with Crippen molar-refractivity contribution in [1.29, 1.82) is 5.26 Å². The topological polar surface area (TPSA) is 49.0 Å². The summed E-state index contributed by atoms with van der Waals surface area (Å²) in [6.45, 7) is 4.91. The van der Waals surface area contributed by atoms with Gasteiger partial charge in [0.15, 0.2) is 0 Å². The van der Waals surface area contributed by atoms with Crippen molar-refractivity contribution in [2.75, 3.05) is 6.54 Å². The van der Waals surface area contributed by atoms with Crippen LogP contribution < -0.4 is 5.32 Å². The molecular formula is C15H18N2O. The number of hydrogen-bond acceptors (Lipinski definition) is 3. The van der Waals surface area contributed by atoms with E-state index >= 15 is 0 Å². The number of nitrogens with one attached hydrogen (secondary N) is 1. The molecule has 1 unspecified atom stereocenters. The Hall–Kier alpha value is -1.79. The minimum Gasteiger partial charge on any atom is -0.459 e. The Balaban J connectivity index is 2.29. The van der Waals surface area contributed by atoms with Crippen molar-refractivity contribution in [1.82, 2.24) is 5.32 Å². The SMILES string of the molecule is CCc1c(C(C)NCCC#N)oc2ccccc12. The first kappa shape index (κ1) is 12.7. The zero-order valence-electron chi connectivity index (χ0n) is 10.9. The quantitative estimate of drug-likeness (QED) is 0.815. The van der Waals surface area contributed by atoms with Crippen LogP contribution >= 0.6 is 0 Å². The first-order chi connectivity index (χ1) is 8.77. The Labute approximate surface area is 107 Å². The van der Waals surface area contributed by atoms with E-state index in [1.807, 2.05) is 18.2 Å². The summed E-state index contributed by atoms with van der Waals surface area (Å²) in [5.74, 6) is 0.997. The van der Waals surface area contributed by atoms with Gasteiger partial charge in [-0.25, -0.2) is 0 Å². The smallest absolute Gasteiger partial charge is 0.134 e. The van der Waals surface area contributed by atoms with Crippen molar-refractivity contribution >= 4 is 11.0 Å². The number of benzene rings is 1. The van der Waals surface area contributed by atoms with Crippen LogP contribution in [0.3, 0.4) is 0 Å². The second-order valence-electron chi connectivity index (χ2n) is 4.38. The average molecular weight is 242 g/mol. The van der Waals surface area contributed by atoms with Crippen LogP contribution in [0.4, 0.5) is 0 Å². The maximum atomic E-state index is 8.55. The molecule has 0 radical (unpaired) electrons. The fourth-order valence-electron chi connectivity index (χ4n) is 2.27. The van der Waals surface area contributed by atoms with Gasteiger partial charge in [-0.05, 0) is 19.4 Å². The number of para-hydroxylation sites is 1. The van der Waals surface area contributed by atoms with Crippen molar-refractivity contribution in [3.05, 3.63) is 35.6 Å². The van der Waals surface area contributed by atoms with Crippen LogP contribution in [-0.4, -0.2) is 6.54 Å². The summed E-state index contributed by atoms with van der Waals surface area (Å²) in [7, 11) is 0. The molecule has 0 amide bonds. The van der Waals surface area contributed by atoms with Crippen molar-refractivity contribution in [3.63, 3.8) is 0 Å². The lowest BCUT2D eigenvalue weighted by Gasteiger charge is -2.11. The molecule has 1 aromatic heterocycles. The van der Waals surface area contributed by atoms with Crippen LogP contribution in [0.15, 0.2) is 28.7 Å². The zero-order valence-corrected chi connectivity index (χ0v) is 10.9. The van der Waals surface area contributed by atoms with Crippen LogP contribution in [-0.2, 0) is 6.42 Å². The molecule has 3 heteroatoms. The van der Waals surface area contributed by atoms with Crippen LogP contribution in [0.5, 0.6) is 0 Å². The molecule has 0 aliphatic carbocycles. The van der Waals surface area contributed by atoms with Crippen molar-refractivity contribution in [2.45, 2.75) is 32.7 Å². The molecule has 0 aliphatic heterocycles. The van der Waals surface area contributed by atoms with E-state index in [1.54, 1.807) is 0 Å². The summed E-state index contributed by atoms with van der Waals surface area (Å²) in [5, 5.41) is 13.1. The minimum atomic E-state index is 0.140. The second kappa shape index (κ2) is 5.70. The summed E-state index contributed by atoms with van der Waals surface area (Å²) in [5.41, 5.74) is 2.21. The molecule has 0 fully saturated rings. The molecule has 1 heterocycles. The van der Waals surface area contributed by atoms with Gasteiger partial charge in [-0.15, -0.1) is 0 Å². The summed E-state index contributed by atoms with van der Waals surface area (Å²) in [6.07, 6.45) is 1.47. The molecule has 1 atom stereocenters. The Morgan fingerprint density at radius 2 is 2.17 bits per heavy atom. The normalized spacial score (nSPS) is 12.5. The average Bonchev–Trinajstić information content (AvgIpc) is 2.77. The molecule has 0 aliphatic rings. The van der Waals surface area contributed by atoms with Gasteiger partial charge in [-0.1, -0.05) is 25.1 Å². The Kier molecular flexibility index (Phi) is 4.01. The van der Waals surface area contributed by atoms with Gasteiger partial charge in [0, 0.05) is 23.9 Å². The van der Waals surface area contributed by atoms with Crippen LogP contribution in [0.2, 0.25) is 0 Å². The maximum Gasteiger partial charge on any atom is 0.134 e. The standard InChI is InChI=1S/C15H18N2O/c1-3-12-13-7-4-5-8-14(13)18-15(12)11(2)17-10-6-9-16/h4-5,7-8,11,17H,3,6,10H2,1-2H3. The highest BCUT2D eigenvalue weighted by molar-refractivity contribution is 5.82. The molecule has 1 aromatic carbocycles. The summed E-state index contributed by atoms with van der Waals surface area (Å²) in [6, 6.07) is 10.4. The summed E-state index contributed by atoms with van der Waals surface area (Å²) >= 11 is 0. The fraction of sp³-hybridized carbons (Fsp3) is 0.400. The number of nitriles is 1. The largest absolute Gasteiger partial charge is 0.459 e. The lowest BCUT2D eigenvalue weighted by molar-refractivity contribution is 0.450. The van der Waals surface area contributed by atoms with Gasteiger partial charge in [-0.3, -0.25) is 0 Å². The van der Waals surface area contributed by atoms with E-state index in [9.17, 15) is 0 Å². The number of rotatable bonds is 5. The zero-order chi connectivity index (χ0) is 13.0. The highest BCUT2D eigenvalue weighted by Crippen LogP contribution is 2.30. The molecule has 0 saturated heterocycles. The second-order valence-corrected chi connectivity index (χ2v) is 4.38. The lowest BCUT2D eigenvalue weighted by atomic mass is 10.1. The molecule has 94 valence electrons.